The molecule has 1 fully saturated rings. The molecule has 4 rings (SSSR count). The number of halogens is 1. The van der Waals surface area contributed by atoms with Crippen molar-refractivity contribution in [2.24, 2.45) is 0 Å². The second-order valence-electron chi connectivity index (χ2n) is 6.82. The average Bonchev–Trinajstić information content (AvgIpc) is 3.18. The minimum Gasteiger partial charge on any atom is -0.421 e. The molecule has 6 nitrogen and oxygen atoms in total. The van der Waals surface area contributed by atoms with Crippen LogP contribution in [0.1, 0.15) is 18.4 Å². The van der Waals surface area contributed by atoms with E-state index in [1.165, 1.54) is 12.1 Å². The zero-order valence-electron chi connectivity index (χ0n) is 15.2. The third-order valence-corrected chi connectivity index (χ3v) is 6.65. The number of rotatable bonds is 4. The Hall–Kier alpha value is -2.51. The van der Waals surface area contributed by atoms with Gasteiger partial charge in [-0.2, -0.15) is 0 Å². The van der Waals surface area contributed by atoms with Gasteiger partial charge in [0.25, 0.3) is 10.0 Å². The first-order valence-electron chi connectivity index (χ1n) is 8.96. The summed E-state index contributed by atoms with van der Waals surface area (Å²) in [6, 6.07) is 11.6. The van der Waals surface area contributed by atoms with Gasteiger partial charge in [-0.05, 0) is 49.6 Å². The molecule has 0 saturated carbocycles. The van der Waals surface area contributed by atoms with E-state index in [9.17, 15) is 13.2 Å². The van der Waals surface area contributed by atoms with Crippen molar-refractivity contribution in [3.8, 4) is 0 Å². The SMILES string of the molecule is Cc1ccc(S(=O)(=O)Nc2c(N3CCCC3)c3ccccc3oc2=O)cc1Cl. The molecule has 8 heteroatoms. The Morgan fingerprint density at radius 2 is 1.82 bits per heavy atom. The Kier molecular flexibility index (Phi) is 4.81. The molecule has 1 saturated heterocycles. The number of nitrogens with zero attached hydrogens (tertiary/aromatic N) is 1. The molecule has 1 aromatic heterocycles. The van der Waals surface area contributed by atoms with Crippen molar-refractivity contribution >= 4 is 44.0 Å². The third kappa shape index (κ3) is 3.36. The van der Waals surface area contributed by atoms with Gasteiger partial charge in [-0.1, -0.05) is 29.8 Å². The number of hydrogen-bond donors (Lipinski definition) is 1. The van der Waals surface area contributed by atoms with Crippen LogP contribution in [0.15, 0.2) is 56.6 Å². The number of fused-ring (bicyclic) bond motifs is 1. The molecule has 1 N–H and O–H groups in total. The van der Waals surface area contributed by atoms with Gasteiger partial charge in [0.2, 0.25) is 0 Å². The van der Waals surface area contributed by atoms with Crippen LogP contribution in [-0.4, -0.2) is 21.5 Å². The smallest absolute Gasteiger partial charge is 0.363 e. The van der Waals surface area contributed by atoms with Gasteiger partial charge < -0.3 is 9.32 Å². The molecule has 0 bridgehead atoms. The molecule has 146 valence electrons. The van der Waals surface area contributed by atoms with E-state index in [4.69, 9.17) is 16.0 Å². The van der Waals surface area contributed by atoms with Crippen LogP contribution in [0, 0.1) is 6.92 Å². The lowest BCUT2D eigenvalue weighted by Gasteiger charge is -2.22. The van der Waals surface area contributed by atoms with Crippen LogP contribution in [-0.2, 0) is 10.0 Å². The van der Waals surface area contributed by atoms with Gasteiger partial charge >= 0.3 is 5.63 Å². The van der Waals surface area contributed by atoms with Gasteiger partial charge in [0, 0.05) is 23.5 Å². The molecule has 0 amide bonds. The topological polar surface area (TPSA) is 79.6 Å². The molecule has 2 heterocycles. The number of sulfonamides is 1. The first-order valence-corrected chi connectivity index (χ1v) is 10.8. The predicted octanol–water partition coefficient (Wildman–Crippen LogP) is 4.16. The minimum atomic E-state index is -4.02. The molecule has 3 aromatic rings. The summed E-state index contributed by atoms with van der Waals surface area (Å²) in [4.78, 5) is 14.7. The monoisotopic (exact) mass is 418 g/mol. The summed E-state index contributed by atoms with van der Waals surface area (Å²) in [5, 5.41) is 1.04. The van der Waals surface area contributed by atoms with Crippen molar-refractivity contribution in [3.05, 3.63) is 63.5 Å². The van der Waals surface area contributed by atoms with E-state index >= 15 is 0 Å². The highest BCUT2D eigenvalue weighted by Gasteiger charge is 2.26. The lowest BCUT2D eigenvalue weighted by molar-refractivity contribution is 0.562. The minimum absolute atomic E-state index is 0.0111. The molecular weight excluding hydrogens is 400 g/mol. The molecule has 0 aliphatic carbocycles. The number of para-hydroxylation sites is 1. The lowest BCUT2D eigenvalue weighted by Crippen LogP contribution is -2.25. The Morgan fingerprint density at radius 1 is 1.11 bits per heavy atom. The first kappa shape index (κ1) is 18.8. The number of aryl methyl sites for hydroxylation is 1. The average molecular weight is 419 g/mol. The van der Waals surface area contributed by atoms with E-state index in [2.05, 4.69) is 4.72 Å². The molecule has 1 aliphatic heterocycles. The predicted molar refractivity (Wildman–Crippen MR) is 111 cm³/mol. The largest absolute Gasteiger partial charge is 0.421 e. The van der Waals surface area contributed by atoms with Crippen molar-refractivity contribution in [2.45, 2.75) is 24.7 Å². The standard InChI is InChI=1S/C20H19ClN2O4S/c1-13-8-9-14(12-16(13)21)28(25,26)22-18-19(23-10-4-5-11-23)15-6-2-3-7-17(15)27-20(18)24/h2-3,6-9,12,22H,4-5,10-11H2,1H3. The van der Waals surface area contributed by atoms with Crippen LogP contribution in [0.3, 0.4) is 0 Å². The van der Waals surface area contributed by atoms with Gasteiger partial charge in [0.05, 0.1) is 10.6 Å². The summed E-state index contributed by atoms with van der Waals surface area (Å²) in [5.74, 6) is 0. The van der Waals surface area contributed by atoms with Crippen LogP contribution < -0.4 is 15.2 Å². The van der Waals surface area contributed by atoms with Crippen LogP contribution in [0.25, 0.3) is 11.0 Å². The molecule has 0 atom stereocenters. The van der Waals surface area contributed by atoms with E-state index in [0.717, 1.165) is 31.5 Å². The fourth-order valence-corrected chi connectivity index (χ4v) is 4.76. The maximum atomic E-state index is 13.0. The van der Waals surface area contributed by atoms with Crippen LogP contribution in [0.4, 0.5) is 11.4 Å². The molecule has 1 aliphatic rings. The van der Waals surface area contributed by atoms with Gasteiger partial charge in [0.1, 0.15) is 5.58 Å². The van der Waals surface area contributed by atoms with Crippen LogP contribution in [0.5, 0.6) is 0 Å². The van der Waals surface area contributed by atoms with E-state index in [-0.39, 0.29) is 10.6 Å². The van der Waals surface area contributed by atoms with Gasteiger partial charge in [-0.25, -0.2) is 13.2 Å². The normalized spacial score (nSPS) is 14.6. The molecule has 28 heavy (non-hydrogen) atoms. The highest BCUT2D eigenvalue weighted by Crippen LogP contribution is 2.35. The molecule has 2 aromatic carbocycles. The fraction of sp³-hybridized carbons (Fsp3) is 0.250. The maximum Gasteiger partial charge on any atom is 0.363 e. The maximum absolute atomic E-state index is 13.0. The zero-order chi connectivity index (χ0) is 19.9. The van der Waals surface area contributed by atoms with Crippen LogP contribution in [0.2, 0.25) is 5.02 Å². The first-order chi connectivity index (χ1) is 13.4. The van der Waals surface area contributed by atoms with E-state index in [1.807, 2.05) is 17.0 Å². The van der Waals surface area contributed by atoms with Gasteiger partial charge in [0.15, 0.2) is 5.69 Å². The molecule has 0 spiro atoms. The second kappa shape index (κ2) is 7.14. The summed E-state index contributed by atoms with van der Waals surface area (Å²) in [6.45, 7) is 3.28. The van der Waals surface area contributed by atoms with E-state index in [1.54, 1.807) is 25.1 Å². The summed E-state index contributed by atoms with van der Waals surface area (Å²) < 4.78 is 33.7. The van der Waals surface area contributed by atoms with Crippen molar-refractivity contribution < 1.29 is 12.8 Å². The number of benzene rings is 2. The third-order valence-electron chi connectivity index (χ3n) is 4.90. The Morgan fingerprint density at radius 3 is 2.54 bits per heavy atom. The molecular formula is C20H19ClN2O4S. The second-order valence-corrected chi connectivity index (χ2v) is 8.91. The summed E-state index contributed by atoms with van der Waals surface area (Å²) >= 11 is 6.09. The van der Waals surface area contributed by atoms with E-state index < -0.39 is 15.6 Å². The Bertz CT molecular complexity index is 1210. The van der Waals surface area contributed by atoms with Gasteiger partial charge in [-0.3, -0.25) is 4.72 Å². The Balaban J connectivity index is 1.88. The molecule has 0 unspecified atom stereocenters. The lowest BCUT2D eigenvalue weighted by atomic mass is 10.1. The van der Waals surface area contributed by atoms with Crippen molar-refractivity contribution in [1.29, 1.82) is 0 Å². The Labute approximate surface area is 167 Å². The fourth-order valence-electron chi connectivity index (χ4n) is 3.43. The quantitative estimate of drug-likeness (QED) is 0.643. The highest BCUT2D eigenvalue weighted by molar-refractivity contribution is 7.92. The van der Waals surface area contributed by atoms with Gasteiger partial charge in [-0.15, -0.1) is 0 Å². The van der Waals surface area contributed by atoms with Crippen molar-refractivity contribution in [2.75, 3.05) is 22.7 Å². The summed E-state index contributed by atoms with van der Waals surface area (Å²) in [6.07, 6.45) is 1.96. The number of nitrogens with one attached hydrogen (secondary N) is 1. The van der Waals surface area contributed by atoms with Crippen molar-refractivity contribution in [1.82, 2.24) is 0 Å². The molecule has 0 radical (unpaired) electrons. The number of anilines is 2. The zero-order valence-corrected chi connectivity index (χ0v) is 16.8. The van der Waals surface area contributed by atoms with Crippen LogP contribution >= 0.6 is 11.6 Å². The highest BCUT2D eigenvalue weighted by atomic mass is 35.5. The van der Waals surface area contributed by atoms with Crippen molar-refractivity contribution in [3.63, 3.8) is 0 Å². The summed E-state index contributed by atoms with van der Waals surface area (Å²) in [7, 11) is -4.02. The summed E-state index contributed by atoms with van der Waals surface area (Å²) in [5.41, 5.74) is 0.963. The number of hydrogen-bond acceptors (Lipinski definition) is 5. The van der Waals surface area contributed by atoms with E-state index in [0.29, 0.717) is 21.7 Å².